The molecule has 0 aromatic carbocycles. The van der Waals surface area contributed by atoms with E-state index in [-0.39, 0.29) is 42.5 Å². The molecular formula is C50H75NO13. The van der Waals surface area contributed by atoms with Gasteiger partial charge in [0.2, 0.25) is 5.79 Å². The predicted octanol–water partition coefficient (Wildman–Crippen LogP) is 5.40. The summed E-state index contributed by atoms with van der Waals surface area (Å²) in [5.41, 5.74) is 1.28. The molecule has 0 aromatic heterocycles. The van der Waals surface area contributed by atoms with Crippen LogP contribution in [0.3, 0.4) is 0 Å². The number of rotatable bonds is 5. The summed E-state index contributed by atoms with van der Waals surface area (Å²) in [4.78, 5) is 72.0. The average Bonchev–Trinajstić information content (AvgIpc) is 3.27. The van der Waals surface area contributed by atoms with Crippen LogP contribution in [0.1, 0.15) is 112 Å². The smallest absolute Gasteiger partial charge is 0.329 e. The molecule has 5 rings (SSSR count). The molecule has 4 heterocycles. The van der Waals surface area contributed by atoms with E-state index in [0.717, 1.165) is 5.57 Å². The van der Waals surface area contributed by atoms with Gasteiger partial charge in [0, 0.05) is 64.4 Å². The van der Waals surface area contributed by atoms with E-state index >= 15 is 0 Å². The lowest BCUT2D eigenvalue weighted by atomic mass is 9.68. The molecule has 3 saturated heterocycles. The normalized spacial score (nSPS) is 43.2. The standard InChI is InChI=1S/C50H75NO13/c1-28-14-11-10-12-15-29(2)40(60-7)26-35-19-17-33(6)50(59,64-35)47(56)48(57)51-21-13-16-36-37(24-34-18-20-38(52)42(25-34)61-8)41(63-49(58)43(36)51)27-39(53)30(3)23-32(5)45(55)46(62-9)44(54)31(4)22-28/h10-12,14-15,23,28,30-31,33-38,40-43,45-46,52,55,59H,13,16-22,24-27H2,1-9H3/b12-10+,14-11+,29-15+,32-23+/t28?,30?,31?,33?,34?,35-,36+,37?,38?,40-,41?,42?,43?,45?,46-,50?/m0/s1. The fourth-order valence-corrected chi connectivity index (χ4v) is 10.9. The van der Waals surface area contributed by atoms with Crippen molar-refractivity contribution < 1.29 is 63.0 Å². The number of carbonyl (C=O) groups is 5. The number of ketones is 3. The zero-order valence-electron chi connectivity index (χ0n) is 39.5. The topological polar surface area (TPSA) is 195 Å². The molecule has 16 atom stereocenters. The van der Waals surface area contributed by atoms with Gasteiger partial charge in [0.15, 0.2) is 5.78 Å². The van der Waals surface area contributed by atoms with Gasteiger partial charge in [0.1, 0.15) is 30.1 Å². The SMILES string of the molecule is COC1CC(CC2C3CC(=O)C(C)/C=C(\C)C(O)[C@@H](OC)C(=O)C(C)CC(C)/C=C/C=C/C=C(\C)[C@@H](OC)C[C@@H]4CCC(C)C(O)(O4)C(=O)C(=O)N4CCC[C@H]2C4C(=O)O3)CCC1O. The summed E-state index contributed by atoms with van der Waals surface area (Å²) in [6.07, 6.45) is 10.8. The third-order valence-electron chi connectivity index (χ3n) is 14.9. The quantitative estimate of drug-likeness (QED) is 0.181. The van der Waals surface area contributed by atoms with Gasteiger partial charge in [-0.3, -0.25) is 19.2 Å². The molecule has 1 amide bonds. The monoisotopic (exact) mass is 898 g/mol. The maximum atomic E-state index is 14.4. The number of fused-ring (bicyclic) bond motifs is 3. The van der Waals surface area contributed by atoms with Crippen LogP contribution in [0.5, 0.6) is 0 Å². The number of allylic oxidation sites excluding steroid dienone is 6. The molecule has 6 bridgehead atoms. The van der Waals surface area contributed by atoms with E-state index in [1.54, 1.807) is 41.1 Å². The second kappa shape index (κ2) is 22.9. The lowest BCUT2D eigenvalue weighted by Crippen LogP contribution is -2.65. The molecule has 12 unspecified atom stereocenters. The van der Waals surface area contributed by atoms with E-state index < -0.39 is 95.7 Å². The number of methoxy groups -OCH3 is 3. The zero-order chi connectivity index (χ0) is 47.0. The number of Topliss-reactive ketones (excluding diaryl/α,β-unsaturated/α-hetero) is 3. The molecule has 14 nitrogen and oxygen atoms in total. The number of aliphatic hydroxyl groups is 3. The molecule has 64 heavy (non-hydrogen) atoms. The highest BCUT2D eigenvalue weighted by Crippen LogP contribution is 2.45. The van der Waals surface area contributed by atoms with E-state index in [4.69, 9.17) is 23.7 Å². The number of ether oxygens (including phenoxy) is 5. The molecule has 5 aliphatic rings. The summed E-state index contributed by atoms with van der Waals surface area (Å²) < 4.78 is 29.4. The van der Waals surface area contributed by atoms with Crippen molar-refractivity contribution in [2.24, 2.45) is 41.4 Å². The molecule has 14 heteroatoms. The molecule has 0 radical (unpaired) electrons. The Balaban J connectivity index is 1.51. The highest BCUT2D eigenvalue weighted by molar-refractivity contribution is 6.39. The van der Waals surface area contributed by atoms with Gasteiger partial charge in [-0.2, -0.15) is 0 Å². The van der Waals surface area contributed by atoms with E-state index in [1.165, 1.54) is 12.0 Å². The van der Waals surface area contributed by atoms with E-state index in [9.17, 15) is 39.3 Å². The zero-order valence-corrected chi connectivity index (χ0v) is 39.5. The molecule has 358 valence electrons. The lowest BCUT2D eigenvalue weighted by Gasteiger charge is -2.50. The fraction of sp³-hybridized carbons (Fsp3) is 0.740. The maximum Gasteiger partial charge on any atom is 0.329 e. The Kier molecular flexibility index (Phi) is 18.5. The summed E-state index contributed by atoms with van der Waals surface area (Å²) in [7, 11) is 4.52. The first kappa shape index (κ1) is 51.6. The van der Waals surface area contributed by atoms with Crippen LogP contribution in [0.15, 0.2) is 47.6 Å². The first-order chi connectivity index (χ1) is 30.3. The molecule has 3 N–H and O–H groups in total. The van der Waals surface area contributed by atoms with Gasteiger partial charge in [0.05, 0.1) is 24.4 Å². The first-order valence-electron chi connectivity index (χ1n) is 23.5. The summed E-state index contributed by atoms with van der Waals surface area (Å²) in [5, 5.41) is 34.1. The van der Waals surface area contributed by atoms with Crippen LogP contribution in [0, 0.1) is 41.4 Å². The Morgan fingerprint density at radius 2 is 1.58 bits per heavy atom. The molecule has 1 saturated carbocycles. The number of hydrogen-bond acceptors (Lipinski definition) is 13. The van der Waals surface area contributed by atoms with Crippen molar-refractivity contribution in [2.45, 2.75) is 167 Å². The van der Waals surface area contributed by atoms with Crippen LogP contribution in [-0.2, 0) is 47.7 Å². The lowest BCUT2D eigenvalue weighted by molar-refractivity contribution is -0.266. The van der Waals surface area contributed by atoms with Gasteiger partial charge in [-0.05, 0) is 101 Å². The Morgan fingerprint density at radius 1 is 0.844 bits per heavy atom. The van der Waals surface area contributed by atoms with Gasteiger partial charge in [-0.1, -0.05) is 64.2 Å². The molecular weight excluding hydrogens is 823 g/mol. The Bertz CT molecular complexity index is 1790. The predicted molar refractivity (Wildman–Crippen MR) is 238 cm³/mol. The van der Waals surface area contributed by atoms with Crippen molar-refractivity contribution in [3.63, 3.8) is 0 Å². The highest BCUT2D eigenvalue weighted by Gasteiger charge is 2.57. The molecule has 0 aromatic rings. The van der Waals surface area contributed by atoms with Crippen molar-refractivity contribution >= 4 is 29.2 Å². The summed E-state index contributed by atoms with van der Waals surface area (Å²) in [6, 6.07) is -1.12. The summed E-state index contributed by atoms with van der Waals surface area (Å²) in [5.74, 6) is -8.43. The Labute approximate surface area is 379 Å². The van der Waals surface area contributed by atoms with E-state index in [2.05, 4.69) is 0 Å². The van der Waals surface area contributed by atoms with Crippen LogP contribution in [-0.4, -0.2) is 132 Å². The van der Waals surface area contributed by atoms with Crippen molar-refractivity contribution in [1.29, 1.82) is 0 Å². The second-order valence-corrected chi connectivity index (χ2v) is 19.5. The first-order valence-corrected chi connectivity index (χ1v) is 23.5. The number of nitrogens with zero attached hydrogens (tertiary/aromatic N) is 1. The molecule has 4 aliphatic heterocycles. The van der Waals surface area contributed by atoms with Gasteiger partial charge in [-0.15, -0.1) is 0 Å². The minimum Gasteiger partial charge on any atom is -0.460 e. The molecule has 0 spiro atoms. The number of piperidine rings is 1. The molecule has 1 aliphatic carbocycles. The van der Waals surface area contributed by atoms with Crippen LogP contribution < -0.4 is 0 Å². The minimum absolute atomic E-state index is 0.0231. The van der Waals surface area contributed by atoms with E-state index in [0.29, 0.717) is 69.8 Å². The third-order valence-corrected chi connectivity index (χ3v) is 14.9. The van der Waals surface area contributed by atoms with Crippen LogP contribution in [0.2, 0.25) is 0 Å². The number of esters is 1. The number of aliphatic hydroxyl groups excluding tert-OH is 2. The minimum atomic E-state index is -2.43. The number of carbonyl (C=O) groups excluding carboxylic acids is 5. The third kappa shape index (κ3) is 12.0. The summed E-state index contributed by atoms with van der Waals surface area (Å²) >= 11 is 0. The fourth-order valence-electron chi connectivity index (χ4n) is 10.9. The van der Waals surface area contributed by atoms with Crippen LogP contribution in [0.4, 0.5) is 0 Å². The number of hydrogen-bond donors (Lipinski definition) is 3. The Morgan fingerprint density at radius 3 is 2.27 bits per heavy atom. The van der Waals surface area contributed by atoms with Crippen molar-refractivity contribution in [2.75, 3.05) is 27.9 Å². The van der Waals surface area contributed by atoms with Crippen molar-refractivity contribution in [3.8, 4) is 0 Å². The summed E-state index contributed by atoms with van der Waals surface area (Å²) in [6.45, 7) is 10.9. The largest absolute Gasteiger partial charge is 0.460 e. The van der Waals surface area contributed by atoms with Gasteiger partial charge >= 0.3 is 5.97 Å². The van der Waals surface area contributed by atoms with Crippen LogP contribution >= 0.6 is 0 Å². The van der Waals surface area contributed by atoms with Gasteiger partial charge in [-0.25, -0.2) is 4.79 Å². The average molecular weight is 898 g/mol. The van der Waals surface area contributed by atoms with Crippen molar-refractivity contribution in [1.82, 2.24) is 4.90 Å². The Hall–Kier alpha value is -3.37. The van der Waals surface area contributed by atoms with E-state index in [1.807, 2.05) is 51.2 Å². The number of amides is 1. The van der Waals surface area contributed by atoms with Gasteiger partial charge in [0.25, 0.3) is 11.7 Å². The maximum absolute atomic E-state index is 14.4. The second-order valence-electron chi connectivity index (χ2n) is 19.5. The molecule has 4 fully saturated rings. The van der Waals surface area contributed by atoms with Crippen LogP contribution in [0.25, 0.3) is 0 Å². The van der Waals surface area contributed by atoms with Gasteiger partial charge < -0.3 is 43.9 Å². The van der Waals surface area contributed by atoms with Crippen molar-refractivity contribution in [3.05, 3.63) is 47.6 Å². The highest BCUT2D eigenvalue weighted by atomic mass is 16.6.